The normalized spacial score (nSPS) is 10.7. The first-order valence-corrected chi connectivity index (χ1v) is 6.41. The minimum absolute atomic E-state index is 0.529. The van der Waals surface area contributed by atoms with Crippen molar-refractivity contribution in [2.24, 2.45) is 0 Å². The zero-order chi connectivity index (χ0) is 12.5. The topological polar surface area (TPSA) is 38.0 Å². The summed E-state index contributed by atoms with van der Waals surface area (Å²) in [7, 11) is 1.65. The van der Waals surface area contributed by atoms with Crippen molar-refractivity contribution in [2.75, 3.05) is 7.11 Å². The van der Waals surface area contributed by atoms with Crippen molar-refractivity contribution >= 4 is 21.6 Å². The summed E-state index contributed by atoms with van der Waals surface area (Å²) < 4.78 is 8.22. The van der Waals surface area contributed by atoms with Gasteiger partial charge in [-0.3, -0.25) is 9.98 Å². The molecule has 0 aliphatic rings. The smallest absolute Gasteiger partial charge is 0.187 e. The number of rotatable bonds is 2. The Kier molecular flexibility index (Phi) is 2.64. The van der Waals surface area contributed by atoms with Crippen LogP contribution in [0.15, 0.2) is 48.5 Å². The van der Waals surface area contributed by atoms with E-state index in [0.717, 1.165) is 21.7 Å². The summed E-state index contributed by atoms with van der Waals surface area (Å²) in [6.45, 7) is 0. The number of benzene rings is 2. The summed E-state index contributed by atoms with van der Waals surface area (Å²) in [5, 5.41) is 8.09. The van der Waals surface area contributed by atoms with Gasteiger partial charge >= 0.3 is 0 Å². The SMILES string of the molecule is COc1ccc(-n2c(=N)sc3ccccc32)cc1. The number of nitrogens with one attached hydrogen (secondary N) is 1. The van der Waals surface area contributed by atoms with Gasteiger partial charge in [0.1, 0.15) is 5.75 Å². The Balaban J connectivity index is 2.24. The van der Waals surface area contributed by atoms with E-state index < -0.39 is 0 Å². The summed E-state index contributed by atoms with van der Waals surface area (Å²) >= 11 is 1.48. The highest BCUT2D eigenvalue weighted by molar-refractivity contribution is 7.16. The van der Waals surface area contributed by atoms with Crippen LogP contribution in [0.3, 0.4) is 0 Å². The highest BCUT2D eigenvalue weighted by Gasteiger charge is 2.06. The van der Waals surface area contributed by atoms with Gasteiger partial charge in [-0.1, -0.05) is 23.5 Å². The lowest BCUT2D eigenvalue weighted by Crippen LogP contribution is -2.10. The Morgan fingerprint density at radius 2 is 1.78 bits per heavy atom. The number of fused-ring (bicyclic) bond motifs is 1. The molecule has 0 atom stereocenters. The van der Waals surface area contributed by atoms with Crippen LogP contribution < -0.4 is 9.54 Å². The minimum Gasteiger partial charge on any atom is -0.497 e. The molecule has 1 heterocycles. The van der Waals surface area contributed by atoms with E-state index in [9.17, 15) is 0 Å². The number of thiazole rings is 1. The summed E-state index contributed by atoms with van der Waals surface area (Å²) in [6.07, 6.45) is 0. The lowest BCUT2D eigenvalue weighted by Gasteiger charge is -2.05. The van der Waals surface area contributed by atoms with Gasteiger partial charge in [-0.25, -0.2) is 0 Å². The molecule has 0 amide bonds. The Labute approximate surface area is 108 Å². The number of para-hydroxylation sites is 1. The van der Waals surface area contributed by atoms with Gasteiger partial charge in [0.15, 0.2) is 4.80 Å². The van der Waals surface area contributed by atoms with Crippen molar-refractivity contribution in [1.29, 1.82) is 5.41 Å². The van der Waals surface area contributed by atoms with Crippen LogP contribution in [0.2, 0.25) is 0 Å². The molecule has 0 fully saturated rings. The third kappa shape index (κ3) is 1.71. The van der Waals surface area contributed by atoms with Gasteiger partial charge in [0.05, 0.1) is 17.3 Å². The molecule has 0 aliphatic carbocycles. The molecule has 0 unspecified atom stereocenters. The largest absolute Gasteiger partial charge is 0.497 e. The third-order valence-corrected chi connectivity index (χ3v) is 3.79. The Morgan fingerprint density at radius 1 is 1.06 bits per heavy atom. The lowest BCUT2D eigenvalue weighted by molar-refractivity contribution is 0.415. The molecule has 0 spiro atoms. The monoisotopic (exact) mass is 256 g/mol. The molecule has 0 saturated carbocycles. The average molecular weight is 256 g/mol. The molecule has 18 heavy (non-hydrogen) atoms. The molecule has 3 aromatic rings. The number of hydrogen-bond donors (Lipinski definition) is 1. The minimum atomic E-state index is 0.529. The molecule has 2 aromatic carbocycles. The van der Waals surface area contributed by atoms with Gasteiger partial charge in [0, 0.05) is 5.69 Å². The fourth-order valence-corrected chi connectivity index (χ4v) is 2.89. The number of hydrogen-bond acceptors (Lipinski definition) is 3. The molecular formula is C14H12N2OS. The highest BCUT2D eigenvalue weighted by atomic mass is 32.1. The fourth-order valence-electron chi connectivity index (χ4n) is 1.98. The third-order valence-electron chi connectivity index (χ3n) is 2.85. The van der Waals surface area contributed by atoms with Crippen molar-refractivity contribution in [3.05, 3.63) is 53.3 Å². The van der Waals surface area contributed by atoms with E-state index in [0.29, 0.717) is 4.80 Å². The Hall–Kier alpha value is -2.07. The van der Waals surface area contributed by atoms with Crippen LogP contribution in [0.25, 0.3) is 15.9 Å². The molecule has 1 aromatic heterocycles. The van der Waals surface area contributed by atoms with E-state index >= 15 is 0 Å². The van der Waals surface area contributed by atoms with Crippen LogP contribution in [0, 0.1) is 5.41 Å². The summed E-state index contributed by atoms with van der Waals surface area (Å²) in [5.74, 6) is 0.824. The van der Waals surface area contributed by atoms with E-state index in [-0.39, 0.29) is 0 Å². The van der Waals surface area contributed by atoms with Gasteiger partial charge < -0.3 is 4.74 Å². The Bertz CT molecular complexity index is 740. The van der Waals surface area contributed by atoms with Crippen molar-refractivity contribution in [3.8, 4) is 11.4 Å². The van der Waals surface area contributed by atoms with Crippen molar-refractivity contribution in [2.45, 2.75) is 0 Å². The molecule has 0 bridgehead atoms. The highest BCUT2D eigenvalue weighted by Crippen LogP contribution is 2.21. The van der Waals surface area contributed by atoms with Crippen LogP contribution in [0.1, 0.15) is 0 Å². The van der Waals surface area contributed by atoms with E-state index in [4.69, 9.17) is 10.1 Å². The van der Waals surface area contributed by atoms with Crippen LogP contribution in [-0.4, -0.2) is 11.7 Å². The maximum atomic E-state index is 8.09. The first-order valence-electron chi connectivity index (χ1n) is 5.59. The number of aromatic nitrogens is 1. The standard InChI is InChI=1S/C14H12N2OS/c1-17-11-8-6-10(7-9-11)16-12-4-2-3-5-13(12)18-14(16)15/h2-9,15H,1H3. The second-order valence-corrected chi connectivity index (χ2v) is 4.94. The van der Waals surface area contributed by atoms with Crippen LogP contribution in [0.5, 0.6) is 5.75 Å². The van der Waals surface area contributed by atoms with Gasteiger partial charge in [-0.2, -0.15) is 0 Å². The first kappa shape index (κ1) is 11.0. The molecule has 3 rings (SSSR count). The number of methoxy groups -OCH3 is 1. The molecule has 90 valence electrons. The van der Waals surface area contributed by atoms with Crippen molar-refractivity contribution < 1.29 is 4.74 Å². The fraction of sp³-hybridized carbons (Fsp3) is 0.0714. The summed E-state index contributed by atoms with van der Waals surface area (Å²) in [5.41, 5.74) is 2.05. The second-order valence-electron chi connectivity index (χ2n) is 3.91. The quantitative estimate of drug-likeness (QED) is 0.751. The van der Waals surface area contributed by atoms with E-state index in [2.05, 4.69) is 0 Å². The van der Waals surface area contributed by atoms with Gasteiger partial charge in [-0.15, -0.1) is 0 Å². The maximum Gasteiger partial charge on any atom is 0.187 e. The van der Waals surface area contributed by atoms with E-state index in [1.54, 1.807) is 7.11 Å². The summed E-state index contributed by atoms with van der Waals surface area (Å²) in [4.78, 5) is 0.529. The average Bonchev–Trinajstić information content (AvgIpc) is 2.75. The van der Waals surface area contributed by atoms with Gasteiger partial charge in [0.25, 0.3) is 0 Å². The molecule has 0 saturated heterocycles. The van der Waals surface area contributed by atoms with Crippen molar-refractivity contribution in [1.82, 2.24) is 4.57 Å². The van der Waals surface area contributed by atoms with Gasteiger partial charge in [0.2, 0.25) is 0 Å². The molecule has 1 N–H and O–H groups in total. The first-order chi connectivity index (χ1) is 8.79. The van der Waals surface area contributed by atoms with Crippen molar-refractivity contribution in [3.63, 3.8) is 0 Å². The molecule has 0 aliphatic heterocycles. The Morgan fingerprint density at radius 3 is 2.50 bits per heavy atom. The number of nitrogens with zero attached hydrogens (tertiary/aromatic N) is 1. The predicted octanol–water partition coefficient (Wildman–Crippen LogP) is 3.18. The lowest BCUT2D eigenvalue weighted by atomic mass is 10.2. The van der Waals surface area contributed by atoms with Crippen LogP contribution >= 0.6 is 11.3 Å². The predicted molar refractivity (Wildman–Crippen MR) is 73.6 cm³/mol. The second kappa shape index (κ2) is 4.31. The van der Waals surface area contributed by atoms with Crippen LogP contribution in [-0.2, 0) is 0 Å². The van der Waals surface area contributed by atoms with E-state index in [1.165, 1.54) is 11.3 Å². The number of ether oxygens (including phenoxy) is 1. The molecular weight excluding hydrogens is 244 g/mol. The van der Waals surface area contributed by atoms with E-state index in [1.807, 2.05) is 53.1 Å². The molecule has 3 nitrogen and oxygen atoms in total. The summed E-state index contributed by atoms with van der Waals surface area (Å²) in [6, 6.07) is 15.8. The van der Waals surface area contributed by atoms with Crippen LogP contribution in [0.4, 0.5) is 0 Å². The zero-order valence-corrected chi connectivity index (χ0v) is 10.7. The molecule has 4 heteroatoms. The molecule has 0 radical (unpaired) electrons. The zero-order valence-electron chi connectivity index (χ0n) is 9.88. The maximum absolute atomic E-state index is 8.09. The van der Waals surface area contributed by atoms with Gasteiger partial charge in [-0.05, 0) is 36.4 Å².